The largest absolute Gasteiger partial charge is 0.325 e. The van der Waals surface area contributed by atoms with Crippen molar-refractivity contribution < 1.29 is 9.59 Å². The van der Waals surface area contributed by atoms with Crippen LogP contribution in [0.4, 0.5) is 5.69 Å². The Balaban J connectivity index is 1.58. The van der Waals surface area contributed by atoms with Gasteiger partial charge in [0.25, 0.3) is 0 Å². The number of hydrogen-bond donors (Lipinski definition) is 1. The number of carbonyl (C=O) groups is 2. The summed E-state index contributed by atoms with van der Waals surface area (Å²) in [5, 5.41) is 2.90. The zero-order valence-electron chi connectivity index (χ0n) is 16.2. The fourth-order valence-electron chi connectivity index (χ4n) is 2.83. The molecule has 3 aromatic rings. The highest BCUT2D eigenvalue weighted by molar-refractivity contribution is 9.10. The van der Waals surface area contributed by atoms with E-state index in [0.29, 0.717) is 23.2 Å². The minimum Gasteiger partial charge on any atom is -0.325 e. The second-order valence-electron chi connectivity index (χ2n) is 6.70. The predicted molar refractivity (Wildman–Crippen MR) is 124 cm³/mol. The van der Waals surface area contributed by atoms with Crippen LogP contribution in [0, 0.1) is 6.92 Å². The first-order valence-electron chi connectivity index (χ1n) is 9.41. The molecular formula is C24H22BrNO2S. The molecular weight excluding hydrogens is 446 g/mol. The number of carbonyl (C=O) groups excluding carboxylic acids is 2. The zero-order valence-corrected chi connectivity index (χ0v) is 18.6. The number of rotatable bonds is 8. The van der Waals surface area contributed by atoms with Gasteiger partial charge < -0.3 is 5.32 Å². The normalized spacial score (nSPS) is 10.6. The third-order valence-corrected chi connectivity index (χ3v) is 5.97. The van der Waals surface area contributed by atoms with Crippen molar-refractivity contribution in [3.63, 3.8) is 0 Å². The first kappa shape index (κ1) is 21.3. The molecule has 0 aliphatic heterocycles. The second-order valence-corrected chi connectivity index (χ2v) is 8.78. The summed E-state index contributed by atoms with van der Waals surface area (Å²) in [5.41, 5.74) is 2.85. The van der Waals surface area contributed by atoms with Crippen molar-refractivity contribution in [2.45, 2.75) is 24.7 Å². The van der Waals surface area contributed by atoms with Crippen LogP contribution in [0.25, 0.3) is 0 Å². The lowest BCUT2D eigenvalue weighted by Gasteiger charge is -2.11. The number of aryl methyl sites for hydroxylation is 1. The van der Waals surface area contributed by atoms with E-state index in [1.165, 1.54) is 10.5 Å². The fourth-order valence-corrected chi connectivity index (χ4v) is 4.04. The van der Waals surface area contributed by atoms with E-state index in [1.807, 2.05) is 24.3 Å². The number of amides is 1. The molecule has 0 saturated heterocycles. The third kappa shape index (κ3) is 6.31. The van der Waals surface area contributed by atoms with Crippen molar-refractivity contribution in [1.82, 2.24) is 0 Å². The van der Waals surface area contributed by atoms with Crippen molar-refractivity contribution in [3.8, 4) is 0 Å². The average molecular weight is 468 g/mol. The third-order valence-electron chi connectivity index (χ3n) is 4.37. The minimum atomic E-state index is -0.114. The Hall–Kier alpha value is -2.37. The molecule has 0 unspecified atom stereocenters. The summed E-state index contributed by atoms with van der Waals surface area (Å²) in [6, 6.07) is 22.8. The average Bonchev–Trinajstić information content (AvgIpc) is 2.74. The van der Waals surface area contributed by atoms with Crippen LogP contribution in [-0.2, 0) is 4.79 Å². The topological polar surface area (TPSA) is 46.2 Å². The SMILES string of the molecule is Cc1ccc(SCCCC(=O)Nc2ccc(Br)cc2C(=O)c2ccccc2)cc1. The van der Waals surface area contributed by atoms with Gasteiger partial charge in [0.05, 0.1) is 5.69 Å². The number of hydrogen-bond acceptors (Lipinski definition) is 3. The summed E-state index contributed by atoms with van der Waals surface area (Å²) in [6.07, 6.45) is 1.18. The molecule has 0 fully saturated rings. The maximum atomic E-state index is 12.9. The number of ketones is 1. The maximum absolute atomic E-state index is 12.9. The summed E-state index contributed by atoms with van der Waals surface area (Å²) >= 11 is 5.16. The van der Waals surface area contributed by atoms with Crippen LogP contribution >= 0.6 is 27.7 Å². The molecule has 0 atom stereocenters. The number of anilines is 1. The fraction of sp³-hybridized carbons (Fsp3) is 0.167. The highest BCUT2D eigenvalue weighted by Gasteiger charge is 2.15. The quantitative estimate of drug-likeness (QED) is 0.233. The van der Waals surface area contributed by atoms with Gasteiger partial charge in [-0.3, -0.25) is 9.59 Å². The van der Waals surface area contributed by atoms with Crippen molar-refractivity contribution >= 4 is 45.1 Å². The molecule has 0 aliphatic rings. The van der Waals surface area contributed by atoms with Gasteiger partial charge in [0.2, 0.25) is 5.91 Å². The Morgan fingerprint density at radius 1 is 0.966 bits per heavy atom. The van der Waals surface area contributed by atoms with Crippen LogP contribution in [-0.4, -0.2) is 17.4 Å². The molecule has 0 aromatic heterocycles. The van der Waals surface area contributed by atoms with Crippen molar-refractivity contribution in [3.05, 3.63) is 94.0 Å². The van der Waals surface area contributed by atoms with E-state index in [1.54, 1.807) is 36.0 Å². The Morgan fingerprint density at radius 2 is 1.69 bits per heavy atom. The first-order valence-corrected chi connectivity index (χ1v) is 11.2. The number of benzene rings is 3. The molecule has 3 aromatic carbocycles. The second kappa shape index (κ2) is 10.4. The Bertz CT molecular complexity index is 988. The van der Waals surface area contributed by atoms with E-state index in [2.05, 4.69) is 52.4 Å². The van der Waals surface area contributed by atoms with Crippen LogP contribution in [0.3, 0.4) is 0 Å². The highest BCUT2D eigenvalue weighted by atomic mass is 79.9. The standard InChI is InChI=1S/C24H22BrNO2S/c1-17-9-12-20(13-10-17)29-15-5-8-23(27)26-22-14-11-19(25)16-21(22)24(28)18-6-3-2-4-7-18/h2-4,6-7,9-14,16H,5,8,15H2,1H3,(H,26,27). The summed E-state index contributed by atoms with van der Waals surface area (Å²) in [6.45, 7) is 2.07. The van der Waals surface area contributed by atoms with Gasteiger partial charge in [0.1, 0.15) is 0 Å². The van der Waals surface area contributed by atoms with Gasteiger partial charge in [-0.25, -0.2) is 0 Å². The molecule has 29 heavy (non-hydrogen) atoms. The molecule has 148 valence electrons. The molecule has 0 saturated carbocycles. The predicted octanol–water partition coefficient (Wildman–Crippen LogP) is 6.50. The molecule has 0 radical (unpaired) electrons. The van der Waals surface area contributed by atoms with Crippen molar-refractivity contribution in [2.24, 2.45) is 0 Å². The van der Waals surface area contributed by atoms with Gasteiger partial charge in [-0.1, -0.05) is 64.0 Å². The van der Waals surface area contributed by atoms with Crippen LogP contribution in [0.15, 0.2) is 82.2 Å². The van der Waals surface area contributed by atoms with E-state index in [0.717, 1.165) is 16.6 Å². The Kier molecular flexibility index (Phi) is 7.67. The summed E-state index contributed by atoms with van der Waals surface area (Å²) < 4.78 is 0.796. The zero-order chi connectivity index (χ0) is 20.6. The molecule has 3 nitrogen and oxygen atoms in total. The smallest absolute Gasteiger partial charge is 0.224 e. The Labute approximate surface area is 184 Å². The molecule has 1 amide bonds. The van der Waals surface area contributed by atoms with Gasteiger partial charge in [0, 0.05) is 26.9 Å². The molecule has 1 N–H and O–H groups in total. The lowest BCUT2D eigenvalue weighted by Crippen LogP contribution is -2.15. The summed E-state index contributed by atoms with van der Waals surface area (Å²) in [4.78, 5) is 26.5. The lowest BCUT2D eigenvalue weighted by atomic mass is 10.0. The van der Waals surface area contributed by atoms with Gasteiger partial charge in [-0.2, -0.15) is 0 Å². The lowest BCUT2D eigenvalue weighted by molar-refractivity contribution is -0.116. The summed E-state index contributed by atoms with van der Waals surface area (Å²) in [5.74, 6) is 0.670. The van der Waals surface area contributed by atoms with E-state index >= 15 is 0 Å². The highest BCUT2D eigenvalue weighted by Crippen LogP contribution is 2.25. The molecule has 0 aliphatic carbocycles. The van der Waals surface area contributed by atoms with Crippen molar-refractivity contribution in [2.75, 3.05) is 11.1 Å². The molecule has 0 heterocycles. The molecule has 0 spiro atoms. The first-order chi connectivity index (χ1) is 14.0. The summed E-state index contributed by atoms with van der Waals surface area (Å²) in [7, 11) is 0. The number of nitrogens with one attached hydrogen (secondary N) is 1. The van der Waals surface area contributed by atoms with Crippen LogP contribution in [0.5, 0.6) is 0 Å². The van der Waals surface area contributed by atoms with Crippen LogP contribution in [0.1, 0.15) is 34.3 Å². The number of thioether (sulfide) groups is 1. The van der Waals surface area contributed by atoms with Gasteiger partial charge in [-0.15, -0.1) is 11.8 Å². The van der Waals surface area contributed by atoms with Gasteiger partial charge in [0.15, 0.2) is 5.78 Å². The monoisotopic (exact) mass is 467 g/mol. The number of halogens is 1. The van der Waals surface area contributed by atoms with E-state index in [-0.39, 0.29) is 11.7 Å². The van der Waals surface area contributed by atoms with Crippen molar-refractivity contribution in [1.29, 1.82) is 0 Å². The molecule has 3 rings (SSSR count). The van der Waals surface area contributed by atoms with Crippen LogP contribution in [0.2, 0.25) is 0 Å². The molecule has 5 heteroatoms. The van der Waals surface area contributed by atoms with Crippen LogP contribution < -0.4 is 5.32 Å². The van der Waals surface area contributed by atoms with Gasteiger partial charge in [-0.05, 0) is 49.4 Å². The Morgan fingerprint density at radius 3 is 2.41 bits per heavy atom. The van der Waals surface area contributed by atoms with Gasteiger partial charge >= 0.3 is 0 Å². The minimum absolute atomic E-state index is 0.0843. The van der Waals surface area contributed by atoms with E-state index in [4.69, 9.17) is 0 Å². The van der Waals surface area contributed by atoms with E-state index < -0.39 is 0 Å². The maximum Gasteiger partial charge on any atom is 0.224 e. The van der Waals surface area contributed by atoms with E-state index in [9.17, 15) is 9.59 Å². The molecule has 0 bridgehead atoms.